The number of hydrogen-bond acceptors (Lipinski definition) is 4. The first kappa shape index (κ1) is 12.9. The Morgan fingerprint density at radius 3 is 2.85 bits per heavy atom. The van der Waals surface area contributed by atoms with Gasteiger partial charge in [-0.3, -0.25) is 4.79 Å². The van der Waals surface area contributed by atoms with Gasteiger partial charge in [-0.1, -0.05) is 0 Å². The van der Waals surface area contributed by atoms with Gasteiger partial charge in [0.05, 0.1) is 5.39 Å². The summed E-state index contributed by atoms with van der Waals surface area (Å²) in [5, 5.41) is 1.05. The molecule has 3 heterocycles. The van der Waals surface area contributed by atoms with Gasteiger partial charge in [0.1, 0.15) is 17.8 Å². The van der Waals surface area contributed by atoms with Crippen LogP contribution in [-0.2, 0) is 4.79 Å². The van der Waals surface area contributed by atoms with Crippen LogP contribution < -0.4 is 4.90 Å². The Morgan fingerprint density at radius 2 is 2.15 bits per heavy atom. The third-order valence-corrected chi connectivity index (χ3v) is 4.12. The molecule has 0 bridgehead atoms. The van der Waals surface area contributed by atoms with Gasteiger partial charge in [-0.05, 0) is 18.9 Å². The van der Waals surface area contributed by atoms with Crippen LogP contribution in [-0.4, -0.2) is 51.9 Å². The zero-order valence-electron chi connectivity index (χ0n) is 11.8. The number of aromatic amines is 1. The minimum absolute atomic E-state index is 0.168. The van der Waals surface area contributed by atoms with E-state index in [1.54, 1.807) is 13.3 Å². The molecule has 1 fully saturated rings. The first-order valence-electron chi connectivity index (χ1n) is 6.93. The number of carbonyl (C=O) groups excluding carboxylic acids is 1. The van der Waals surface area contributed by atoms with Gasteiger partial charge in [0.15, 0.2) is 0 Å². The van der Waals surface area contributed by atoms with Crippen molar-refractivity contribution in [2.75, 3.05) is 25.0 Å². The molecule has 6 nitrogen and oxygen atoms in total. The number of nitrogens with zero attached hydrogens (tertiary/aromatic N) is 4. The van der Waals surface area contributed by atoms with Crippen molar-refractivity contribution in [3.8, 4) is 0 Å². The number of amides is 1. The number of piperidine rings is 1. The predicted octanol–water partition coefficient (Wildman–Crippen LogP) is 1.40. The Morgan fingerprint density at radius 1 is 1.40 bits per heavy atom. The van der Waals surface area contributed by atoms with Gasteiger partial charge in [-0.2, -0.15) is 0 Å². The van der Waals surface area contributed by atoms with Gasteiger partial charge in [0.25, 0.3) is 0 Å². The Kier molecular flexibility index (Phi) is 3.30. The first-order chi connectivity index (χ1) is 9.66. The monoisotopic (exact) mass is 273 g/mol. The molecule has 0 aromatic carbocycles. The van der Waals surface area contributed by atoms with Crippen LogP contribution in [0.1, 0.15) is 19.8 Å². The molecule has 1 amide bonds. The summed E-state index contributed by atoms with van der Waals surface area (Å²) in [6.45, 7) is 3.29. The summed E-state index contributed by atoms with van der Waals surface area (Å²) in [6, 6.07) is 2.42. The molecule has 20 heavy (non-hydrogen) atoms. The molecule has 1 aliphatic rings. The summed E-state index contributed by atoms with van der Waals surface area (Å²) < 4.78 is 0. The molecule has 1 saturated heterocycles. The molecular weight excluding hydrogens is 254 g/mol. The molecular formula is C14H19N5O. The lowest BCUT2D eigenvalue weighted by Gasteiger charge is -2.37. The summed E-state index contributed by atoms with van der Waals surface area (Å²) in [5.41, 5.74) is 0.864. The van der Waals surface area contributed by atoms with Crippen molar-refractivity contribution in [2.24, 2.45) is 0 Å². The van der Waals surface area contributed by atoms with Crippen molar-refractivity contribution in [1.29, 1.82) is 0 Å². The standard InChI is InChI=1S/C14H19N5O/c1-10(20)19-7-4-11(5-8-19)18(2)14-12-3-6-15-13(12)16-9-17-14/h3,6,9,11H,4-5,7-8H2,1-2H3,(H,15,16,17). The molecule has 1 N–H and O–H groups in total. The number of hydrogen-bond donors (Lipinski definition) is 1. The Labute approximate surface area is 117 Å². The van der Waals surface area contributed by atoms with E-state index in [4.69, 9.17) is 0 Å². The van der Waals surface area contributed by atoms with Crippen LogP contribution in [0.3, 0.4) is 0 Å². The van der Waals surface area contributed by atoms with Gasteiger partial charge >= 0.3 is 0 Å². The third-order valence-electron chi connectivity index (χ3n) is 4.12. The third kappa shape index (κ3) is 2.21. The Balaban J connectivity index is 1.78. The number of rotatable bonds is 2. The van der Waals surface area contributed by atoms with Gasteiger partial charge in [0, 0.05) is 39.3 Å². The van der Waals surface area contributed by atoms with Gasteiger partial charge in [-0.25, -0.2) is 9.97 Å². The van der Waals surface area contributed by atoms with Crippen LogP contribution in [0.25, 0.3) is 11.0 Å². The number of nitrogens with one attached hydrogen (secondary N) is 1. The largest absolute Gasteiger partial charge is 0.356 e. The maximum atomic E-state index is 11.4. The molecule has 2 aromatic rings. The zero-order valence-corrected chi connectivity index (χ0v) is 11.8. The number of aromatic nitrogens is 3. The average Bonchev–Trinajstić information content (AvgIpc) is 2.95. The second-order valence-electron chi connectivity index (χ2n) is 5.29. The molecule has 0 saturated carbocycles. The molecule has 1 aliphatic heterocycles. The molecule has 0 atom stereocenters. The highest BCUT2D eigenvalue weighted by atomic mass is 16.2. The van der Waals surface area contributed by atoms with Crippen molar-refractivity contribution < 1.29 is 4.79 Å². The average molecular weight is 273 g/mol. The second-order valence-corrected chi connectivity index (χ2v) is 5.29. The van der Waals surface area contributed by atoms with Crippen molar-refractivity contribution in [3.05, 3.63) is 18.6 Å². The van der Waals surface area contributed by atoms with E-state index in [1.165, 1.54) is 0 Å². The van der Waals surface area contributed by atoms with Crippen molar-refractivity contribution in [3.63, 3.8) is 0 Å². The predicted molar refractivity (Wildman–Crippen MR) is 77.6 cm³/mol. The summed E-state index contributed by atoms with van der Waals surface area (Å²) in [7, 11) is 2.07. The highest BCUT2D eigenvalue weighted by Gasteiger charge is 2.25. The highest BCUT2D eigenvalue weighted by molar-refractivity contribution is 5.87. The van der Waals surface area contributed by atoms with Gasteiger partial charge < -0.3 is 14.8 Å². The SMILES string of the molecule is CC(=O)N1CCC(N(C)c2ncnc3[nH]ccc23)CC1. The molecule has 0 spiro atoms. The molecule has 0 radical (unpaired) electrons. The van der Waals surface area contributed by atoms with E-state index < -0.39 is 0 Å². The quantitative estimate of drug-likeness (QED) is 0.898. The van der Waals surface area contributed by atoms with Crippen LogP contribution in [0.2, 0.25) is 0 Å². The second kappa shape index (κ2) is 5.11. The molecule has 2 aromatic heterocycles. The normalized spacial score (nSPS) is 16.6. The van der Waals surface area contributed by atoms with Gasteiger partial charge in [-0.15, -0.1) is 0 Å². The molecule has 3 rings (SSSR count). The minimum Gasteiger partial charge on any atom is -0.356 e. The van der Waals surface area contributed by atoms with Crippen molar-refractivity contribution in [1.82, 2.24) is 19.9 Å². The zero-order chi connectivity index (χ0) is 14.1. The number of H-pyrrole nitrogens is 1. The smallest absolute Gasteiger partial charge is 0.219 e. The number of likely N-dealkylation sites (tertiary alicyclic amines) is 1. The van der Waals surface area contributed by atoms with E-state index in [2.05, 4.69) is 26.9 Å². The first-order valence-corrected chi connectivity index (χ1v) is 6.93. The molecule has 0 aliphatic carbocycles. The Bertz CT molecular complexity index is 615. The van der Waals surface area contributed by atoms with Crippen LogP contribution in [0, 0.1) is 0 Å². The Hall–Kier alpha value is -2.11. The lowest BCUT2D eigenvalue weighted by atomic mass is 10.0. The fourth-order valence-corrected chi connectivity index (χ4v) is 2.88. The maximum Gasteiger partial charge on any atom is 0.219 e. The molecule has 6 heteroatoms. The lowest BCUT2D eigenvalue weighted by molar-refractivity contribution is -0.129. The number of fused-ring (bicyclic) bond motifs is 1. The van der Waals surface area contributed by atoms with Crippen molar-refractivity contribution in [2.45, 2.75) is 25.8 Å². The van der Waals surface area contributed by atoms with E-state index >= 15 is 0 Å². The van der Waals surface area contributed by atoms with Gasteiger partial charge in [0.2, 0.25) is 5.91 Å². The van der Waals surface area contributed by atoms with Crippen LogP contribution in [0.5, 0.6) is 0 Å². The highest BCUT2D eigenvalue weighted by Crippen LogP contribution is 2.26. The fourth-order valence-electron chi connectivity index (χ4n) is 2.88. The van der Waals surface area contributed by atoms with Crippen LogP contribution in [0.15, 0.2) is 18.6 Å². The molecule has 106 valence electrons. The molecule has 0 unspecified atom stereocenters. The van der Waals surface area contributed by atoms with E-state index in [9.17, 15) is 4.79 Å². The van der Waals surface area contributed by atoms with E-state index in [-0.39, 0.29) is 5.91 Å². The van der Waals surface area contributed by atoms with Crippen molar-refractivity contribution >= 4 is 22.8 Å². The van der Waals surface area contributed by atoms with Crippen LogP contribution >= 0.6 is 0 Å². The van der Waals surface area contributed by atoms with E-state index in [0.717, 1.165) is 42.8 Å². The maximum absolute atomic E-state index is 11.4. The van der Waals surface area contributed by atoms with E-state index in [0.29, 0.717) is 6.04 Å². The minimum atomic E-state index is 0.168. The summed E-state index contributed by atoms with van der Waals surface area (Å²) in [4.78, 5) is 27.3. The fraction of sp³-hybridized carbons (Fsp3) is 0.500. The van der Waals surface area contributed by atoms with E-state index in [1.807, 2.05) is 17.2 Å². The lowest BCUT2D eigenvalue weighted by Crippen LogP contribution is -2.45. The van der Waals surface area contributed by atoms with Crippen LogP contribution in [0.4, 0.5) is 5.82 Å². The summed E-state index contributed by atoms with van der Waals surface area (Å²) >= 11 is 0. The topological polar surface area (TPSA) is 65.1 Å². The number of anilines is 1. The summed E-state index contributed by atoms with van der Waals surface area (Å²) in [6.07, 6.45) is 5.43. The summed E-state index contributed by atoms with van der Waals surface area (Å²) in [5.74, 6) is 1.12. The number of carbonyl (C=O) groups is 1.